The molecule has 2 nitrogen and oxygen atoms in total. The van der Waals surface area contributed by atoms with E-state index in [4.69, 9.17) is 0 Å². The van der Waals surface area contributed by atoms with Crippen LogP contribution in [0.1, 0.15) is 38.2 Å². The molecule has 0 fully saturated rings. The van der Waals surface area contributed by atoms with E-state index >= 15 is 0 Å². The van der Waals surface area contributed by atoms with Crippen molar-refractivity contribution in [1.29, 1.82) is 0 Å². The number of aryl methyl sites for hydroxylation is 1. The number of anilines is 1. The predicted molar refractivity (Wildman–Crippen MR) is 71.6 cm³/mol. The fourth-order valence-corrected chi connectivity index (χ4v) is 1.87. The lowest BCUT2D eigenvalue weighted by molar-refractivity contribution is -0.116. The third kappa shape index (κ3) is 4.46. The van der Waals surface area contributed by atoms with Gasteiger partial charge in [0.15, 0.2) is 0 Å². The fourth-order valence-electron chi connectivity index (χ4n) is 1.53. The maximum atomic E-state index is 13.2. The van der Waals surface area contributed by atoms with Gasteiger partial charge in [0.05, 0.1) is 4.47 Å². The Morgan fingerprint density at radius 1 is 1.41 bits per heavy atom. The molecular weight excluding hydrogens is 285 g/mol. The van der Waals surface area contributed by atoms with Crippen LogP contribution in [-0.4, -0.2) is 5.91 Å². The van der Waals surface area contributed by atoms with Crippen molar-refractivity contribution in [3.8, 4) is 0 Å². The molecule has 0 radical (unpaired) electrons. The SMILES string of the molecule is CCCCCC(=O)Nc1cc(Br)c(F)cc1C. The van der Waals surface area contributed by atoms with Gasteiger partial charge in [-0.1, -0.05) is 19.8 Å². The lowest BCUT2D eigenvalue weighted by Gasteiger charge is -2.09. The Labute approximate surface area is 110 Å². The largest absolute Gasteiger partial charge is 0.326 e. The molecule has 0 unspecified atom stereocenters. The van der Waals surface area contributed by atoms with Gasteiger partial charge in [0.2, 0.25) is 5.91 Å². The van der Waals surface area contributed by atoms with Crippen LogP contribution in [0.3, 0.4) is 0 Å². The lowest BCUT2D eigenvalue weighted by atomic mass is 10.1. The van der Waals surface area contributed by atoms with Gasteiger partial charge in [0.25, 0.3) is 0 Å². The Bertz CT molecular complexity index is 407. The van der Waals surface area contributed by atoms with Crippen LogP contribution in [0.5, 0.6) is 0 Å². The van der Waals surface area contributed by atoms with Gasteiger partial charge in [0.1, 0.15) is 5.82 Å². The van der Waals surface area contributed by atoms with Crippen molar-refractivity contribution >= 4 is 27.5 Å². The molecule has 0 atom stereocenters. The summed E-state index contributed by atoms with van der Waals surface area (Å²) in [6.45, 7) is 3.87. The highest BCUT2D eigenvalue weighted by atomic mass is 79.9. The third-order valence-corrected chi connectivity index (χ3v) is 3.16. The minimum absolute atomic E-state index is 0.0138. The van der Waals surface area contributed by atoms with Gasteiger partial charge in [-0.15, -0.1) is 0 Å². The van der Waals surface area contributed by atoms with Gasteiger partial charge >= 0.3 is 0 Å². The molecule has 17 heavy (non-hydrogen) atoms. The van der Waals surface area contributed by atoms with Crippen LogP contribution in [0.25, 0.3) is 0 Å². The molecule has 0 saturated heterocycles. The molecule has 0 aliphatic rings. The molecule has 0 aromatic heterocycles. The van der Waals surface area contributed by atoms with Crippen LogP contribution in [0.15, 0.2) is 16.6 Å². The van der Waals surface area contributed by atoms with E-state index in [0.29, 0.717) is 16.6 Å². The van der Waals surface area contributed by atoms with Crippen LogP contribution in [0.2, 0.25) is 0 Å². The fraction of sp³-hybridized carbons (Fsp3) is 0.462. The Morgan fingerprint density at radius 2 is 2.12 bits per heavy atom. The molecule has 0 saturated carbocycles. The van der Waals surface area contributed by atoms with Crippen molar-refractivity contribution in [3.63, 3.8) is 0 Å². The second kappa shape index (κ2) is 6.74. The van der Waals surface area contributed by atoms with Gasteiger partial charge in [-0.2, -0.15) is 0 Å². The minimum atomic E-state index is -0.313. The molecule has 94 valence electrons. The molecule has 4 heteroatoms. The summed E-state index contributed by atoms with van der Waals surface area (Å²) in [4.78, 5) is 11.6. The highest BCUT2D eigenvalue weighted by Crippen LogP contribution is 2.24. The number of benzene rings is 1. The van der Waals surface area contributed by atoms with Crippen molar-refractivity contribution < 1.29 is 9.18 Å². The molecule has 0 bridgehead atoms. The molecular formula is C13H17BrFNO. The molecule has 1 aromatic rings. The summed E-state index contributed by atoms with van der Waals surface area (Å²) in [6, 6.07) is 3.01. The third-order valence-electron chi connectivity index (χ3n) is 2.55. The summed E-state index contributed by atoms with van der Waals surface area (Å²) < 4.78 is 13.6. The molecule has 1 aromatic carbocycles. The molecule has 1 amide bonds. The number of carbonyl (C=O) groups excluding carboxylic acids is 1. The van der Waals surface area contributed by atoms with E-state index in [1.54, 1.807) is 13.0 Å². The monoisotopic (exact) mass is 301 g/mol. The van der Waals surface area contributed by atoms with Crippen LogP contribution in [0.4, 0.5) is 10.1 Å². The maximum Gasteiger partial charge on any atom is 0.224 e. The zero-order valence-corrected chi connectivity index (χ0v) is 11.7. The number of rotatable bonds is 5. The number of halogens is 2. The summed E-state index contributed by atoms with van der Waals surface area (Å²) in [5, 5.41) is 2.80. The first-order chi connectivity index (χ1) is 8.04. The summed E-state index contributed by atoms with van der Waals surface area (Å²) in [5.41, 5.74) is 1.40. The molecule has 0 spiro atoms. The summed E-state index contributed by atoms with van der Waals surface area (Å²) >= 11 is 3.11. The van der Waals surface area contributed by atoms with Gasteiger partial charge in [-0.25, -0.2) is 4.39 Å². The smallest absolute Gasteiger partial charge is 0.224 e. The topological polar surface area (TPSA) is 29.1 Å². The van der Waals surface area contributed by atoms with Crippen LogP contribution < -0.4 is 5.32 Å². The van der Waals surface area contributed by atoms with E-state index in [0.717, 1.165) is 24.8 Å². The number of unbranched alkanes of at least 4 members (excludes halogenated alkanes) is 2. The average molecular weight is 302 g/mol. The van der Waals surface area contributed by atoms with E-state index in [2.05, 4.69) is 28.2 Å². The minimum Gasteiger partial charge on any atom is -0.326 e. The second-order valence-corrected chi connectivity index (χ2v) is 4.94. The van der Waals surface area contributed by atoms with Crippen LogP contribution >= 0.6 is 15.9 Å². The number of hydrogen-bond acceptors (Lipinski definition) is 1. The first-order valence-corrected chi connectivity index (χ1v) is 6.59. The van der Waals surface area contributed by atoms with Crippen molar-refractivity contribution in [3.05, 3.63) is 28.0 Å². The normalized spacial score (nSPS) is 10.4. The number of nitrogens with one attached hydrogen (secondary N) is 1. The van der Waals surface area contributed by atoms with Crippen LogP contribution in [-0.2, 0) is 4.79 Å². The van der Waals surface area contributed by atoms with E-state index in [-0.39, 0.29) is 11.7 Å². The maximum absolute atomic E-state index is 13.2. The van der Waals surface area contributed by atoms with E-state index in [1.165, 1.54) is 6.07 Å². The van der Waals surface area contributed by atoms with Crippen molar-refractivity contribution in [2.75, 3.05) is 5.32 Å². The average Bonchev–Trinajstić information content (AvgIpc) is 2.26. The number of carbonyl (C=O) groups is 1. The van der Waals surface area contributed by atoms with E-state index in [9.17, 15) is 9.18 Å². The second-order valence-electron chi connectivity index (χ2n) is 4.09. The van der Waals surface area contributed by atoms with E-state index in [1.807, 2.05) is 0 Å². The highest BCUT2D eigenvalue weighted by Gasteiger charge is 2.08. The lowest BCUT2D eigenvalue weighted by Crippen LogP contribution is -2.12. The van der Waals surface area contributed by atoms with E-state index < -0.39 is 0 Å². The first kappa shape index (κ1) is 14.2. The number of amides is 1. The summed E-state index contributed by atoms with van der Waals surface area (Å²) in [5.74, 6) is -0.327. The Morgan fingerprint density at radius 3 is 2.76 bits per heavy atom. The Balaban J connectivity index is 2.62. The van der Waals surface area contributed by atoms with Gasteiger partial charge in [-0.05, 0) is 47.0 Å². The molecule has 0 aliphatic heterocycles. The number of hydrogen-bond donors (Lipinski definition) is 1. The molecule has 1 N–H and O–H groups in total. The Kier molecular flexibility index (Phi) is 5.62. The molecule has 0 heterocycles. The first-order valence-electron chi connectivity index (χ1n) is 5.80. The van der Waals surface area contributed by atoms with Crippen molar-refractivity contribution in [1.82, 2.24) is 0 Å². The van der Waals surface area contributed by atoms with Crippen molar-refractivity contribution in [2.24, 2.45) is 0 Å². The molecule has 0 aliphatic carbocycles. The summed E-state index contributed by atoms with van der Waals surface area (Å²) in [6.07, 6.45) is 3.56. The zero-order valence-electron chi connectivity index (χ0n) is 10.1. The Hall–Kier alpha value is -0.900. The zero-order chi connectivity index (χ0) is 12.8. The predicted octanol–water partition coefficient (Wildman–Crippen LogP) is 4.42. The quantitative estimate of drug-likeness (QED) is 0.802. The highest BCUT2D eigenvalue weighted by molar-refractivity contribution is 9.10. The standard InChI is InChI=1S/C13H17BrFNO/c1-3-4-5-6-13(17)16-12-8-10(14)11(15)7-9(12)2/h7-8H,3-6H2,1-2H3,(H,16,17). The molecule has 1 rings (SSSR count). The summed E-state index contributed by atoms with van der Waals surface area (Å²) in [7, 11) is 0. The van der Waals surface area contributed by atoms with Gasteiger partial charge in [-0.3, -0.25) is 4.79 Å². The van der Waals surface area contributed by atoms with Crippen molar-refractivity contribution in [2.45, 2.75) is 39.5 Å². The van der Waals surface area contributed by atoms with Crippen LogP contribution in [0, 0.1) is 12.7 Å². The van der Waals surface area contributed by atoms with Gasteiger partial charge < -0.3 is 5.32 Å². The van der Waals surface area contributed by atoms with Gasteiger partial charge in [0, 0.05) is 12.1 Å².